The summed E-state index contributed by atoms with van der Waals surface area (Å²) in [5, 5.41) is 8.72. The van der Waals surface area contributed by atoms with Gasteiger partial charge in [0.05, 0.1) is 6.61 Å². The van der Waals surface area contributed by atoms with Crippen LogP contribution in [0.25, 0.3) is 0 Å². The number of anilines is 2. The fourth-order valence-corrected chi connectivity index (χ4v) is 4.40. The highest BCUT2D eigenvalue weighted by Crippen LogP contribution is 2.33. The van der Waals surface area contributed by atoms with Crippen LogP contribution in [0, 0.1) is 6.92 Å². The zero-order valence-corrected chi connectivity index (χ0v) is 18.3. The molecule has 0 spiro atoms. The first-order valence-electron chi connectivity index (χ1n) is 9.89. The van der Waals surface area contributed by atoms with Crippen LogP contribution in [0.1, 0.15) is 23.0 Å². The molecule has 2 aromatic carbocycles. The lowest BCUT2D eigenvalue weighted by Crippen LogP contribution is -2.20. The molecule has 1 aromatic heterocycles. The Bertz CT molecular complexity index is 1240. The molecule has 1 aliphatic rings. The maximum atomic E-state index is 13.0. The van der Waals surface area contributed by atoms with Crippen molar-refractivity contribution in [3.05, 3.63) is 53.7 Å². The topological polar surface area (TPSA) is 132 Å². The van der Waals surface area contributed by atoms with E-state index >= 15 is 0 Å². The smallest absolute Gasteiger partial charge is 0.282 e. The van der Waals surface area contributed by atoms with Gasteiger partial charge in [-0.15, -0.1) is 0 Å². The van der Waals surface area contributed by atoms with E-state index < -0.39 is 21.0 Å². The minimum atomic E-state index is -4.14. The average Bonchev–Trinajstić information content (AvgIpc) is 3.17. The van der Waals surface area contributed by atoms with Gasteiger partial charge in [-0.1, -0.05) is 0 Å². The van der Waals surface area contributed by atoms with E-state index in [2.05, 4.69) is 20.2 Å². The quantitative estimate of drug-likeness (QED) is 0.496. The van der Waals surface area contributed by atoms with E-state index in [9.17, 15) is 13.2 Å². The minimum Gasteiger partial charge on any atom is -0.494 e. The van der Waals surface area contributed by atoms with Crippen molar-refractivity contribution in [1.82, 2.24) is 10.2 Å². The molecule has 0 fully saturated rings. The second-order valence-corrected chi connectivity index (χ2v) is 8.50. The summed E-state index contributed by atoms with van der Waals surface area (Å²) >= 11 is 0. The van der Waals surface area contributed by atoms with Gasteiger partial charge < -0.3 is 19.5 Å². The number of amides is 1. The first-order chi connectivity index (χ1) is 15.4. The Kier molecular flexibility index (Phi) is 5.91. The molecule has 0 saturated heterocycles. The first-order valence-corrected chi connectivity index (χ1v) is 11.4. The van der Waals surface area contributed by atoms with E-state index in [1.807, 2.05) is 6.92 Å². The Morgan fingerprint density at radius 3 is 2.50 bits per heavy atom. The number of nitrogens with one attached hydrogen (secondary N) is 3. The molecule has 0 saturated carbocycles. The molecule has 0 unspecified atom stereocenters. The van der Waals surface area contributed by atoms with Gasteiger partial charge in [0.2, 0.25) is 5.03 Å². The molecule has 168 valence electrons. The highest BCUT2D eigenvalue weighted by Gasteiger charge is 2.28. The van der Waals surface area contributed by atoms with Crippen LogP contribution in [-0.4, -0.2) is 44.3 Å². The van der Waals surface area contributed by atoms with Crippen molar-refractivity contribution in [3.63, 3.8) is 0 Å². The Balaban J connectivity index is 1.56. The van der Waals surface area contributed by atoms with Gasteiger partial charge in [-0.3, -0.25) is 14.6 Å². The molecule has 0 radical (unpaired) electrons. The largest absolute Gasteiger partial charge is 0.494 e. The molecule has 2 heterocycles. The van der Waals surface area contributed by atoms with E-state index in [0.717, 1.165) is 0 Å². The standard InChI is InChI=1S/C21H22N4O6S/c1-3-29-16-7-4-14(5-8-16)25-32(27,28)21-19(13(2)23-24-21)20(26)22-15-6-9-17-18(12-15)31-11-10-30-17/h4-9,12,25H,3,10-11H2,1-2H3,(H,22,26)(H,23,24). The van der Waals surface area contributed by atoms with Crippen LogP contribution in [0.4, 0.5) is 11.4 Å². The number of sulfonamides is 1. The number of nitrogens with zero attached hydrogens (tertiary/aromatic N) is 1. The fraction of sp³-hybridized carbons (Fsp3) is 0.238. The third kappa shape index (κ3) is 4.47. The van der Waals surface area contributed by atoms with Crippen LogP contribution in [-0.2, 0) is 10.0 Å². The highest BCUT2D eigenvalue weighted by molar-refractivity contribution is 7.92. The Hall–Kier alpha value is -3.73. The molecule has 32 heavy (non-hydrogen) atoms. The predicted octanol–water partition coefficient (Wildman–Crippen LogP) is 2.94. The van der Waals surface area contributed by atoms with E-state index in [4.69, 9.17) is 14.2 Å². The van der Waals surface area contributed by atoms with Crippen LogP contribution < -0.4 is 24.2 Å². The van der Waals surface area contributed by atoms with Gasteiger partial charge in [-0.05, 0) is 50.2 Å². The summed E-state index contributed by atoms with van der Waals surface area (Å²) in [5.74, 6) is 1.07. The first kappa shape index (κ1) is 21.5. The van der Waals surface area contributed by atoms with Crippen LogP contribution in [0.5, 0.6) is 17.2 Å². The summed E-state index contributed by atoms with van der Waals surface area (Å²) in [7, 11) is -4.14. The van der Waals surface area contributed by atoms with Gasteiger partial charge in [0.15, 0.2) is 11.5 Å². The summed E-state index contributed by atoms with van der Waals surface area (Å²) < 4.78 is 44.7. The maximum absolute atomic E-state index is 13.0. The number of benzene rings is 2. The Labute approximate surface area is 184 Å². The van der Waals surface area contributed by atoms with Gasteiger partial charge in [-0.25, -0.2) is 0 Å². The summed E-state index contributed by atoms with van der Waals surface area (Å²) in [6, 6.07) is 11.4. The van der Waals surface area contributed by atoms with Gasteiger partial charge in [-0.2, -0.15) is 13.5 Å². The number of carbonyl (C=O) groups is 1. The van der Waals surface area contributed by atoms with Crippen molar-refractivity contribution < 1.29 is 27.4 Å². The maximum Gasteiger partial charge on any atom is 0.282 e. The summed E-state index contributed by atoms with van der Waals surface area (Å²) in [4.78, 5) is 12.9. The molecular weight excluding hydrogens is 436 g/mol. The minimum absolute atomic E-state index is 0.0849. The lowest BCUT2D eigenvalue weighted by atomic mass is 10.2. The second kappa shape index (κ2) is 8.79. The van der Waals surface area contributed by atoms with Gasteiger partial charge in [0.1, 0.15) is 24.5 Å². The second-order valence-electron chi connectivity index (χ2n) is 6.90. The summed E-state index contributed by atoms with van der Waals surface area (Å²) in [6.45, 7) is 4.79. The van der Waals surface area contributed by atoms with Gasteiger partial charge in [0, 0.05) is 23.1 Å². The van der Waals surface area contributed by atoms with E-state index in [1.54, 1.807) is 49.4 Å². The third-order valence-electron chi connectivity index (χ3n) is 4.61. The number of hydrogen-bond donors (Lipinski definition) is 3. The van der Waals surface area contributed by atoms with E-state index in [-0.39, 0.29) is 5.56 Å². The third-order valence-corrected chi connectivity index (χ3v) is 5.92. The zero-order valence-electron chi connectivity index (χ0n) is 17.5. The van der Waals surface area contributed by atoms with Crippen molar-refractivity contribution in [2.45, 2.75) is 18.9 Å². The number of fused-ring (bicyclic) bond motifs is 1. The van der Waals surface area contributed by atoms with Crippen LogP contribution in [0.2, 0.25) is 0 Å². The predicted molar refractivity (Wildman–Crippen MR) is 117 cm³/mol. The lowest BCUT2D eigenvalue weighted by Gasteiger charge is -2.19. The summed E-state index contributed by atoms with van der Waals surface area (Å²) in [6.07, 6.45) is 0. The number of aromatic amines is 1. The van der Waals surface area contributed by atoms with Crippen LogP contribution in [0.3, 0.4) is 0 Å². The number of rotatable bonds is 7. The van der Waals surface area contributed by atoms with Crippen molar-refractivity contribution in [3.8, 4) is 17.2 Å². The fourth-order valence-electron chi connectivity index (χ4n) is 3.17. The van der Waals surface area contributed by atoms with E-state index in [1.165, 1.54) is 0 Å². The average molecular weight is 458 g/mol. The number of hydrogen-bond acceptors (Lipinski definition) is 7. The zero-order chi connectivity index (χ0) is 22.7. The van der Waals surface area contributed by atoms with Crippen LogP contribution in [0.15, 0.2) is 47.5 Å². The summed E-state index contributed by atoms with van der Waals surface area (Å²) in [5.41, 5.74) is 0.973. The molecule has 1 amide bonds. The SMILES string of the molecule is CCOc1ccc(NS(=O)(=O)c2n[nH]c(C)c2C(=O)Nc2ccc3c(c2)OCCO3)cc1. The van der Waals surface area contributed by atoms with Crippen molar-refractivity contribution in [1.29, 1.82) is 0 Å². The molecule has 11 heteroatoms. The highest BCUT2D eigenvalue weighted by atomic mass is 32.2. The lowest BCUT2D eigenvalue weighted by molar-refractivity contribution is 0.102. The monoisotopic (exact) mass is 458 g/mol. The number of aromatic nitrogens is 2. The molecule has 0 atom stereocenters. The number of ether oxygens (including phenoxy) is 3. The van der Waals surface area contributed by atoms with Gasteiger partial charge >= 0.3 is 0 Å². The molecule has 3 aromatic rings. The Morgan fingerprint density at radius 1 is 1.09 bits per heavy atom. The molecule has 4 rings (SSSR count). The molecule has 0 bridgehead atoms. The molecule has 0 aliphatic carbocycles. The molecule has 10 nitrogen and oxygen atoms in total. The van der Waals surface area contributed by atoms with Gasteiger partial charge in [0.25, 0.3) is 15.9 Å². The molecule has 3 N–H and O–H groups in total. The normalized spacial score (nSPS) is 12.8. The van der Waals surface area contributed by atoms with Crippen molar-refractivity contribution in [2.24, 2.45) is 0 Å². The number of H-pyrrole nitrogens is 1. The number of carbonyl (C=O) groups excluding carboxylic acids is 1. The Morgan fingerprint density at radius 2 is 1.78 bits per heavy atom. The number of aryl methyl sites for hydroxylation is 1. The van der Waals surface area contributed by atoms with Crippen LogP contribution >= 0.6 is 0 Å². The molecule has 1 aliphatic heterocycles. The van der Waals surface area contributed by atoms with Crippen molar-refractivity contribution in [2.75, 3.05) is 29.9 Å². The van der Waals surface area contributed by atoms with E-state index in [0.29, 0.717) is 54.1 Å². The molecular formula is C21H22N4O6S. The van der Waals surface area contributed by atoms with Crippen molar-refractivity contribution >= 4 is 27.3 Å².